The van der Waals surface area contributed by atoms with Crippen molar-refractivity contribution in [2.75, 3.05) is 5.32 Å². The first-order chi connectivity index (χ1) is 10.6. The van der Waals surface area contributed by atoms with Crippen LogP contribution in [0.15, 0.2) is 0 Å². The SMILES string of the molecule is CC(=O)NC(=S)Nc1sc2c(c1C(N)=O)CCC(C(C)(C)C)C2. The normalized spacial score (nSPS) is 17.3. The molecular formula is C16H23N3O2S2. The third-order valence-corrected chi connectivity index (χ3v) is 5.63. The van der Waals surface area contributed by atoms with Gasteiger partial charge < -0.3 is 16.4 Å². The Bertz CT molecular complexity index is 659. The fourth-order valence-corrected chi connectivity index (χ4v) is 4.62. The van der Waals surface area contributed by atoms with Gasteiger partial charge in [-0.3, -0.25) is 9.59 Å². The number of amides is 2. The first-order valence-electron chi connectivity index (χ1n) is 7.62. The highest BCUT2D eigenvalue weighted by Crippen LogP contribution is 2.44. The van der Waals surface area contributed by atoms with Gasteiger partial charge in [-0.15, -0.1) is 11.3 Å². The van der Waals surface area contributed by atoms with Gasteiger partial charge in [0.25, 0.3) is 5.91 Å². The lowest BCUT2D eigenvalue weighted by Gasteiger charge is -2.33. The summed E-state index contributed by atoms with van der Waals surface area (Å²) in [5.74, 6) is -0.133. The quantitative estimate of drug-likeness (QED) is 0.714. The van der Waals surface area contributed by atoms with Crippen molar-refractivity contribution < 1.29 is 9.59 Å². The standard InChI is InChI=1S/C16H23N3O2S2/c1-8(20)18-15(22)19-14-12(13(17)21)10-6-5-9(16(2,3)4)7-11(10)23-14/h9H,5-7H2,1-4H3,(H2,17,21)(H2,18,19,20,22). The van der Waals surface area contributed by atoms with E-state index in [4.69, 9.17) is 18.0 Å². The molecule has 0 saturated carbocycles. The molecule has 2 rings (SSSR count). The van der Waals surface area contributed by atoms with Crippen molar-refractivity contribution in [3.05, 3.63) is 16.0 Å². The van der Waals surface area contributed by atoms with E-state index in [9.17, 15) is 9.59 Å². The average Bonchev–Trinajstić information content (AvgIpc) is 2.72. The van der Waals surface area contributed by atoms with Crippen LogP contribution in [0, 0.1) is 11.3 Å². The van der Waals surface area contributed by atoms with Gasteiger partial charge in [0, 0.05) is 11.8 Å². The smallest absolute Gasteiger partial charge is 0.251 e. The largest absolute Gasteiger partial charge is 0.365 e. The lowest BCUT2D eigenvalue weighted by molar-refractivity contribution is -0.117. The minimum Gasteiger partial charge on any atom is -0.365 e. The van der Waals surface area contributed by atoms with Crippen LogP contribution in [-0.2, 0) is 17.6 Å². The molecule has 1 heterocycles. The molecule has 0 fully saturated rings. The van der Waals surface area contributed by atoms with Gasteiger partial charge in [-0.25, -0.2) is 0 Å². The minimum atomic E-state index is -0.454. The molecule has 23 heavy (non-hydrogen) atoms. The number of nitrogens with one attached hydrogen (secondary N) is 2. The topological polar surface area (TPSA) is 84.2 Å². The van der Waals surface area contributed by atoms with Crippen LogP contribution in [0.2, 0.25) is 0 Å². The zero-order valence-electron chi connectivity index (χ0n) is 13.9. The number of hydrogen-bond acceptors (Lipinski definition) is 4. The number of primary amides is 1. The zero-order valence-corrected chi connectivity index (χ0v) is 15.5. The van der Waals surface area contributed by atoms with Gasteiger partial charge in [0.2, 0.25) is 5.91 Å². The lowest BCUT2D eigenvalue weighted by Crippen LogP contribution is -2.32. The Hall–Kier alpha value is -1.47. The molecular weight excluding hydrogens is 330 g/mol. The number of carbonyl (C=O) groups is 2. The van der Waals surface area contributed by atoms with E-state index in [1.54, 1.807) is 0 Å². The fourth-order valence-electron chi connectivity index (χ4n) is 2.97. The highest BCUT2D eigenvalue weighted by Gasteiger charge is 2.33. The van der Waals surface area contributed by atoms with Crippen molar-refractivity contribution in [3.8, 4) is 0 Å². The van der Waals surface area contributed by atoms with Crippen molar-refractivity contribution in [1.29, 1.82) is 0 Å². The molecule has 1 atom stereocenters. The summed E-state index contributed by atoms with van der Waals surface area (Å²) < 4.78 is 0. The molecule has 0 bridgehead atoms. The number of hydrogen-bond donors (Lipinski definition) is 3. The van der Waals surface area contributed by atoms with Gasteiger partial charge in [-0.05, 0) is 48.4 Å². The van der Waals surface area contributed by atoms with Gasteiger partial charge >= 0.3 is 0 Å². The van der Waals surface area contributed by atoms with E-state index >= 15 is 0 Å². The van der Waals surface area contributed by atoms with Crippen LogP contribution in [-0.4, -0.2) is 16.9 Å². The fraction of sp³-hybridized carbons (Fsp3) is 0.562. The van der Waals surface area contributed by atoms with Gasteiger partial charge in [-0.1, -0.05) is 20.8 Å². The van der Waals surface area contributed by atoms with Crippen molar-refractivity contribution in [1.82, 2.24) is 5.32 Å². The Kier molecular flexibility index (Phi) is 5.10. The lowest BCUT2D eigenvalue weighted by atomic mass is 9.72. The molecule has 0 aromatic carbocycles. The summed E-state index contributed by atoms with van der Waals surface area (Å²) in [6, 6.07) is 0. The summed E-state index contributed by atoms with van der Waals surface area (Å²) in [4.78, 5) is 24.2. The molecule has 1 aliphatic carbocycles. The molecule has 126 valence electrons. The molecule has 7 heteroatoms. The summed E-state index contributed by atoms with van der Waals surface area (Å²) >= 11 is 6.61. The monoisotopic (exact) mass is 353 g/mol. The first-order valence-corrected chi connectivity index (χ1v) is 8.85. The molecule has 0 spiro atoms. The second kappa shape index (κ2) is 6.57. The molecule has 2 amide bonds. The Morgan fingerprint density at radius 1 is 1.35 bits per heavy atom. The Labute approximate surface area is 146 Å². The van der Waals surface area contributed by atoms with Crippen molar-refractivity contribution >= 4 is 45.5 Å². The van der Waals surface area contributed by atoms with E-state index in [0.717, 1.165) is 24.8 Å². The zero-order chi connectivity index (χ0) is 17.4. The van der Waals surface area contributed by atoms with E-state index in [1.165, 1.54) is 23.1 Å². The molecule has 4 N–H and O–H groups in total. The summed E-state index contributed by atoms with van der Waals surface area (Å²) in [5.41, 5.74) is 7.36. The van der Waals surface area contributed by atoms with Crippen LogP contribution in [0.4, 0.5) is 5.00 Å². The molecule has 1 unspecified atom stereocenters. The predicted molar refractivity (Wildman–Crippen MR) is 97.8 cm³/mol. The summed E-state index contributed by atoms with van der Waals surface area (Å²) in [7, 11) is 0. The predicted octanol–water partition coefficient (Wildman–Crippen LogP) is 2.83. The van der Waals surface area contributed by atoms with Gasteiger partial charge in [-0.2, -0.15) is 0 Å². The minimum absolute atomic E-state index is 0.186. The number of anilines is 1. The maximum absolute atomic E-state index is 11.9. The van der Waals surface area contributed by atoms with E-state index in [-0.39, 0.29) is 16.4 Å². The highest BCUT2D eigenvalue weighted by atomic mass is 32.1. The average molecular weight is 354 g/mol. The van der Waals surface area contributed by atoms with Crippen molar-refractivity contribution in [3.63, 3.8) is 0 Å². The summed E-state index contributed by atoms with van der Waals surface area (Å²) in [6.07, 6.45) is 2.84. The van der Waals surface area contributed by atoms with E-state index in [2.05, 4.69) is 31.4 Å². The molecule has 0 radical (unpaired) electrons. The Morgan fingerprint density at radius 3 is 2.52 bits per heavy atom. The third-order valence-electron chi connectivity index (χ3n) is 4.25. The number of fused-ring (bicyclic) bond motifs is 1. The van der Waals surface area contributed by atoms with E-state index in [1.807, 2.05) is 0 Å². The van der Waals surface area contributed by atoms with Gasteiger partial charge in [0.05, 0.1) is 5.56 Å². The van der Waals surface area contributed by atoms with E-state index < -0.39 is 5.91 Å². The third kappa shape index (κ3) is 4.09. The number of carbonyl (C=O) groups excluding carboxylic acids is 2. The maximum Gasteiger partial charge on any atom is 0.251 e. The van der Waals surface area contributed by atoms with E-state index in [0.29, 0.717) is 16.5 Å². The number of thiophene rings is 1. The maximum atomic E-state index is 11.9. The number of nitrogens with two attached hydrogens (primary N) is 1. The summed E-state index contributed by atoms with van der Waals surface area (Å²) in [5, 5.41) is 6.28. The van der Waals surface area contributed by atoms with Crippen LogP contribution >= 0.6 is 23.6 Å². The second-order valence-electron chi connectivity index (χ2n) is 7.01. The van der Waals surface area contributed by atoms with Crippen LogP contribution in [0.3, 0.4) is 0 Å². The first kappa shape index (κ1) is 17.9. The van der Waals surface area contributed by atoms with Crippen molar-refractivity contribution in [2.45, 2.75) is 47.0 Å². The van der Waals surface area contributed by atoms with Crippen LogP contribution in [0.5, 0.6) is 0 Å². The van der Waals surface area contributed by atoms with Crippen LogP contribution < -0.4 is 16.4 Å². The molecule has 1 aromatic heterocycles. The second-order valence-corrected chi connectivity index (χ2v) is 8.53. The molecule has 1 aromatic rings. The highest BCUT2D eigenvalue weighted by molar-refractivity contribution is 7.80. The van der Waals surface area contributed by atoms with Crippen LogP contribution in [0.25, 0.3) is 0 Å². The number of thiocarbonyl (C=S) groups is 1. The molecule has 0 aliphatic heterocycles. The van der Waals surface area contributed by atoms with Gasteiger partial charge in [0.15, 0.2) is 5.11 Å². The number of rotatable bonds is 2. The van der Waals surface area contributed by atoms with Gasteiger partial charge in [0.1, 0.15) is 5.00 Å². The Balaban J connectivity index is 2.31. The summed E-state index contributed by atoms with van der Waals surface area (Å²) in [6.45, 7) is 8.12. The Morgan fingerprint density at radius 2 is 2.00 bits per heavy atom. The molecule has 0 saturated heterocycles. The van der Waals surface area contributed by atoms with Crippen LogP contribution in [0.1, 0.15) is 54.9 Å². The molecule has 1 aliphatic rings. The van der Waals surface area contributed by atoms with Crippen molar-refractivity contribution in [2.24, 2.45) is 17.1 Å². The molecule has 5 nitrogen and oxygen atoms in total.